The van der Waals surface area contributed by atoms with E-state index in [0.717, 1.165) is 5.69 Å². The Morgan fingerprint density at radius 2 is 2.28 bits per heavy atom. The molecule has 18 heavy (non-hydrogen) atoms. The summed E-state index contributed by atoms with van der Waals surface area (Å²) in [5.74, 6) is 0.875. The van der Waals surface area contributed by atoms with Gasteiger partial charge < -0.3 is 15.0 Å². The van der Waals surface area contributed by atoms with Gasteiger partial charge in [0.15, 0.2) is 5.76 Å². The minimum Gasteiger partial charge on any atom is -0.399 e. The maximum Gasteiger partial charge on any atom is 0.162 e. The number of aromatic nitrogens is 1. The Morgan fingerprint density at radius 1 is 1.44 bits per heavy atom. The maximum atomic E-state index is 13.5. The predicted octanol–water partition coefficient (Wildman–Crippen LogP) is 2.83. The third-order valence-corrected chi connectivity index (χ3v) is 3.31. The number of hydrogen-bond donors (Lipinski definition) is 1. The molecule has 6 heteroatoms. The number of methoxy groups -OCH3 is 1. The van der Waals surface area contributed by atoms with Crippen LogP contribution >= 0.6 is 11.8 Å². The molecule has 0 aliphatic heterocycles. The molecule has 2 N–H and O–H groups in total. The van der Waals surface area contributed by atoms with Crippen LogP contribution in [0.25, 0.3) is 0 Å². The molecule has 0 saturated carbocycles. The summed E-state index contributed by atoms with van der Waals surface area (Å²) in [6.07, 6.45) is 0. The van der Waals surface area contributed by atoms with Crippen LogP contribution in [0.5, 0.6) is 0 Å². The molecule has 0 aliphatic rings. The standard InChI is InChI=1S/C12H13FN2O2S/c1-16-6-10-5-9(15-17-10)7-18-12-3-2-8(14)4-11(12)13/h2-5H,6-7,14H2,1H3. The van der Waals surface area contributed by atoms with E-state index >= 15 is 0 Å². The van der Waals surface area contributed by atoms with Gasteiger partial charge in [0.1, 0.15) is 12.4 Å². The lowest BCUT2D eigenvalue weighted by atomic mass is 10.3. The molecular formula is C12H13FN2O2S. The molecule has 4 nitrogen and oxygen atoms in total. The molecule has 0 amide bonds. The van der Waals surface area contributed by atoms with E-state index in [1.54, 1.807) is 25.3 Å². The van der Waals surface area contributed by atoms with Crippen LogP contribution in [0.15, 0.2) is 33.7 Å². The van der Waals surface area contributed by atoms with Crippen LogP contribution in [0.4, 0.5) is 10.1 Å². The lowest BCUT2D eigenvalue weighted by Gasteiger charge is -2.01. The van der Waals surface area contributed by atoms with Crippen LogP contribution in [0.1, 0.15) is 11.5 Å². The maximum absolute atomic E-state index is 13.5. The third kappa shape index (κ3) is 3.24. The van der Waals surface area contributed by atoms with E-state index in [-0.39, 0.29) is 5.82 Å². The van der Waals surface area contributed by atoms with Crippen molar-refractivity contribution >= 4 is 17.4 Å². The van der Waals surface area contributed by atoms with Gasteiger partial charge in [-0.3, -0.25) is 0 Å². The first-order valence-corrected chi connectivity index (χ1v) is 6.29. The number of thioether (sulfide) groups is 1. The highest BCUT2D eigenvalue weighted by atomic mass is 32.2. The molecule has 1 aromatic heterocycles. The van der Waals surface area contributed by atoms with Crippen LogP contribution in [-0.4, -0.2) is 12.3 Å². The van der Waals surface area contributed by atoms with Crippen LogP contribution < -0.4 is 5.73 Å². The molecule has 0 aliphatic carbocycles. The average molecular weight is 268 g/mol. The second-order valence-corrected chi connectivity index (χ2v) is 4.71. The molecule has 0 saturated heterocycles. The van der Waals surface area contributed by atoms with Gasteiger partial charge in [0, 0.05) is 29.5 Å². The van der Waals surface area contributed by atoms with Gasteiger partial charge in [-0.1, -0.05) is 5.16 Å². The Kier molecular flexibility index (Phi) is 4.22. The van der Waals surface area contributed by atoms with E-state index in [1.165, 1.54) is 17.8 Å². The van der Waals surface area contributed by atoms with Gasteiger partial charge in [0.05, 0.1) is 5.69 Å². The molecule has 0 spiro atoms. The first kappa shape index (κ1) is 12.9. The molecular weight excluding hydrogens is 255 g/mol. The number of anilines is 1. The van der Waals surface area contributed by atoms with Crippen molar-refractivity contribution in [1.29, 1.82) is 0 Å². The molecule has 0 unspecified atom stereocenters. The number of ether oxygens (including phenoxy) is 1. The number of hydrogen-bond acceptors (Lipinski definition) is 5. The fourth-order valence-electron chi connectivity index (χ4n) is 1.42. The zero-order valence-electron chi connectivity index (χ0n) is 9.85. The summed E-state index contributed by atoms with van der Waals surface area (Å²) in [5.41, 5.74) is 6.65. The summed E-state index contributed by atoms with van der Waals surface area (Å²) in [4.78, 5) is 0.542. The number of rotatable bonds is 5. The van der Waals surface area contributed by atoms with Gasteiger partial charge in [-0.2, -0.15) is 0 Å². The first-order valence-electron chi connectivity index (χ1n) is 5.30. The number of halogens is 1. The lowest BCUT2D eigenvalue weighted by molar-refractivity contribution is 0.156. The van der Waals surface area contributed by atoms with Crippen molar-refractivity contribution in [2.45, 2.75) is 17.3 Å². The summed E-state index contributed by atoms with van der Waals surface area (Å²) in [6, 6.07) is 6.43. The number of nitrogens with two attached hydrogens (primary N) is 1. The second-order valence-electron chi connectivity index (χ2n) is 3.70. The molecule has 1 heterocycles. The van der Waals surface area contributed by atoms with E-state index in [9.17, 15) is 4.39 Å². The van der Waals surface area contributed by atoms with Crippen molar-refractivity contribution in [1.82, 2.24) is 5.16 Å². The molecule has 0 atom stereocenters. The summed E-state index contributed by atoms with van der Waals surface area (Å²) in [7, 11) is 1.58. The summed E-state index contributed by atoms with van der Waals surface area (Å²) >= 11 is 1.35. The molecule has 96 valence electrons. The Hall–Kier alpha value is -1.53. The molecule has 1 aromatic carbocycles. The van der Waals surface area contributed by atoms with E-state index < -0.39 is 0 Å². The molecule has 0 radical (unpaired) electrons. The van der Waals surface area contributed by atoms with Gasteiger partial charge in [0.2, 0.25) is 0 Å². The minimum atomic E-state index is -0.319. The highest BCUT2D eigenvalue weighted by Crippen LogP contribution is 2.26. The van der Waals surface area contributed by atoms with Crippen molar-refractivity contribution in [2.24, 2.45) is 0 Å². The molecule has 0 fully saturated rings. The number of benzene rings is 1. The predicted molar refractivity (Wildman–Crippen MR) is 67.6 cm³/mol. The zero-order valence-corrected chi connectivity index (χ0v) is 10.7. The Morgan fingerprint density at radius 3 is 3.00 bits per heavy atom. The smallest absolute Gasteiger partial charge is 0.162 e. The van der Waals surface area contributed by atoms with E-state index in [4.69, 9.17) is 15.0 Å². The quantitative estimate of drug-likeness (QED) is 0.667. The first-order chi connectivity index (χ1) is 8.69. The lowest BCUT2D eigenvalue weighted by Crippen LogP contribution is -1.88. The zero-order chi connectivity index (χ0) is 13.0. The van der Waals surface area contributed by atoms with Crippen molar-refractivity contribution in [3.8, 4) is 0 Å². The van der Waals surface area contributed by atoms with Gasteiger partial charge in [-0.25, -0.2) is 4.39 Å². The number of nitrogen functional groups attached to an aromatic ring is 1. The monoisotopic (exact) mass is 268 g/mol. The van der Waals surface area contributed by atoms with Gasteiger partial charge in [-0.15, -0.1) is 11.8 Å². The van der Waals surface area contributed by atoms with E-state index in [0.29, 0.717) is 28.7 Å². The minimum absolute atomic E-state index is 0.319. The topological polar surface area (TPSA) is 61.3 Å². The highest BCUT2D eigenvalue weighted by Gasteiger charge is 2.07. The summed E-state index contributed by atoms with van der Waals surface area (Å²) < 4.78 is 23.5. The van der Waals surface area contributed by atoms with E-state index in [2.05, 4.69) is 5.16 Å². The van der Waals surface area contributed by atoms with Gasteiger partial charge in [0.25, 0.3) is 0 Å². The summed E-state index contributed by atoms with van der Waals surface area (Å²) in [6.45, 7) is 0.383. The van der Waals surface area contributed by atoms with E-state index in [1.807, 2.05) is 0 Å². The molecule has 0 bridgehead atoms. The Bertz CT molecular complexity index is 531. The summed E-state index contributed by atoms with van der Waals surface area (Å²) in [5, 5.41) is 3.87. The fraction of sp³-hybridized carbons (Fsp3) is 0.250. The van der Waals surface area contributed by atoms with Crippen LogP contribution in [0.3, 0.4) is 0 Å². The SMILES string of the molecule is COCc1cc(CSc2ccc(N)cc2F)no1. The molecule has 2 rings (SSSR count). The Balaban J connectivity index is 1.97. The van der Waals surface area contributed by atoms with Gasteiger partial charge >= 0.3 is 0 Å². The fourth-order valence-corrected chi connectivity index (χ4v) is 2.22. The van der Waals surface area contributed by atoms with Crippen molar-refractivity contribution in [2.75, 3.05) is 12.8 Å². The van der Waals surface area contributed by atoms with Crippen molar-refractivity contribution in [3.63, 3.8) is 0 Å². The number of nitrogens with zero attached hydrogens (tertiary/aromatic N) is 1. The highest BCUT2D eigenvalue weighted by molar-refractivity contribution is 7.98. The molecule has 2 aromatic rings. The van der Waals surface area contributed by atoms with Crippen LogP contribution in [0.2, 0.25) is 0 Å². The van der Waals surface area contributed by atoms with Crippen LogP contribution in [-0.2, 0) is 17.1 Å². The Labute approximate surface area is 108 Å². The second kappa shape index (κ2) is 5.88. The normalized spacial score (nSPS) is 10.8. The largest absolute Gasteiger partial charge is 0.399 e. The van der Waals surface area contributed by atoms with Crippen molar-refractivity contribution in [3.05, 3.63) is 41.5 Å². The average Bonchev–Trinajstić information content (AvgIpc) is 2.76. The van der Waals surface area contributed by atoms with Crippen LogP contribution in [0, 0.1) is 5.82 Å². The van der Waals surface area contributed by atoms with Crippen molar-refractivity contribution < 1.29 is 13.7 Å². The van der Waals surface area contributed by atoms with Gasteiger partial charge in [-0.05, 0) is 18.2 Å². The third-order valence-electron chi connectivity index (χ3n) is 2.23.